The van der Waals surface area contributed by atoms with E-state index in [4.69, 9.17) is 4.74 Å². The molecule has 0 saturated heterocycles. The Balaban J connectivity index is 5.28. The Kier molecular flexibility index (Phi) is 10.4. The van der Waals surface area contributed by atoms with E-state index in [9.17, 15) is 17.8 Å². The van der Waals surface area contributed by atoms with Crippen LogP contribution in [0.2, 0.25) is 0 Å². The molecule has 0 aliphatic heterocycles. The number of esters is 1. The molecular formula is C17H33NO5S. The zero-order valence-corrected chi connectivity index (χ0v) is 16.4. The predicted octanol–water partition coefficient (Wildman–Crippen LogP) is 2.80. The summed E-state index contributed by atoms with van der Waals surface area (Å²) in [6, 6.07) is -0.0789. The Morgan fingerprint density at radius 3 is 2.08 bits per heavy atom. The fraction of sp³-hybridized carbons (Fsp3) is 0.824. The summed E-state index contributed by atoms with van der Waals surface area (Å²) in [4.78, 5) is 11.8. The van der Waals surface area contributed by atoms with Crippen molar-refractivity contribution in [2.45, 2.75) is 65.8 Å². The molecule has 0 aliphatic carbocycles. The summed E-state index contributed by atoms with van der Waals surface area (Å²) in [5.41, 5.74) is 0.342. The molecule has 0 aromatic rings. The molecule has 0 heterocycles. The molecule has 0 saturated carbocycles. The molecule has 0 radical (unpaired) electrons. The second kappa shape index (κ2) is 10.8. The minimum Gasteiger partial charge on any atom is -0.748 e. The Labute approximate surface area is 147 Å². The van der Waals surface area contributed by atoms with Crippen molar-refractivity contribution in [1.29, 1.82) is 0 Å². The van der Waals surface area contributed by atoms with Crippen molar-refractivity contribution in [3.05, 3.63) is 12.2 Å². The van der Waals surface area contributed by atoms with E-state index < -0.39 is 16.1 Å². The van der Waals surface area contributed by atoms with Crippen LogP contribution >= 0.6 is 0 Å². The Hall–Kier alpha value is -0.920. The lowest BCUT2D eigenvalue weighted by atomic mass is 10.1. The van der Waals surface area contributed by atoms with Gasteiger partial charge in [0.15, 0.2) is 0 Å². The summed E-state index contributed by atoms with van der Waals surface area (Å²) in [6.45, 7) is 13.1. The first-order valence-corrected chi connectivity index (χ1v) is 10.3. The van der Waals surface area contributed by atoms with Gasteiger partial charge in [0.1, 0.15) is 0 Å². The topological polar surface area (TPSA) is 83.5 Å². The van der Waals surface area contributed by atoms with Crippen LogP contribution in [-0.4, -0.2) is 55.0 Å². The third-order valence-electron chi connectivity index (χ3n) is 4.44. The largest absolute Gasteiger partial charge is 0.748 e. The molecule has 0 rings (SSSR count). The molecular weight excluding hydrogens is 330 g/mol. The number of ether oxygens (including phenoxy) is 1. The maximum Gasteiger partial charge on any atom is 0.337 e. The van der Waals surface area contributed by atoms with Crippen molar-refractivity contribution in [3.8, 4) is 0 Å². The summed E-state index contributed by atoms with van der Waals surface area (Å²) in [6.07, 6.45) is 4.15. The predicted molar refractivity (Wildman–Crippen MR) is 94.2 cm³/mol. The molecule has 0 spiro atoms. The van der Waals surface area contributed by atoms with Crippen molar-refractivity contribution in [3.63, 3.8) is 0 Å². The zero-order valence-electron chi connectivity index (χ0n) is 15.5. The molecule has 0 fully saturated rings. The highest BCUT2D eigenvalue weighted by Crippen LogP contribution is 2.21. The number of nitrogens with zero attached hydrogens (tertiary/aromatic N) is 1. The van der Waals surface area contributed by atoms with Gasteiger partial charge in [-0.05, 0) is 26.7 Å². The third kappa shape index (κ3) is 8.80. The number of rotatable bonds is 13. The minimum absolute atomic E-state index is 0.0789. The second-order valence-corrected chi connectivity index (χ2v) is 8.14. The van der Waals surface area contributed by atoms with E-state index in [1.165, 1.54) is 0 Å². The lowest BCUT2D eigenvalue weighted by Gasteiger charge is -2.43. The van der Waals surface area contributed by atoms with Gasteiger partial charge < -0.3 is 9.29 Å². The van der Waals surface area contributed by atoms with Crippen LogP contribution in [0.15, 0.2) is 12.2 Å². The van der Waals surface area contributed by atoms with Crippen LogP contribution < -0.4 is 0 Å². The second-order valence-electron chi connectivity index (χ2n) is 6.61. The van der Waals surface area contributed by atoms with E-state index >= 15 is 0 Å². The first-order valence-electron chi connectivity index (χ1n) is 8.70. The SMILES string of the molecule is C=C(C)C(=O)OC[N+](CCCC)(CCCC)C(C)CCS(=O)(=O)[O-]. The summed E-state index contributed by atoms with van der Waals surface area (Å²) in [7, 11) is -4.25. The third-order valence-corrected chi connectivity index (χ3v) is 5.17. The molecule has 0 aromatic heterocycles. The fourth-order valence-electron chi connectivity index (χ4n) is 2.65. The van der Waals surface area contributed by atoms with Crippen molar-refractivity contribution in [1.82, 2.24) is 0 Å². The molecule has 1 unspecified atom stereocenters. The van der Waals surface area contributed by atoms with Crippen molar-refractivity contribution in [2.75, 3.05) is 25.6 Å². The number of quaternary nitrogens is 1. The molecule has 7 heteroatoms. The van der Waals surface area contributed by atoms with Gasteiger partial charge >= 0.3 is 5.97 Å². The fourth-order valence-corrected chi connectivity index (χ4v) is 3.28. The van der Waals surface area contributed by atoms with E-state index in [1.807, 2.05) is 6.92 Å². The van der Waals surface area contributed by atoms with Gasteiger partial charge in [0.25, 0.3) is 0 Å². The highest BCUT2D eigenvalue weighted by atomic mass is 32.2. The zero-order chi connectivity index (χ0) is 18.8. The molecule has 0 N–H and O–H groups in total. The first-order chi connectivity index (χ1) is 11.1. The maximum atomic E-state index is 11.8. The van der Waals surface area contributed by atoms with Crippen LogP contribution in [-0.2, 0) is 19.6 Å². The molecule has 24 heavy (non-hydrogen) atoms. The standard InChI is InChI=1S/C17H33NO5S/c1-6-8-11-18(12-9-7-2,14-23-17(19)15(3)4)16(5)10-13-24(20,21)22/h16H,3,6-14H2,1-2,4-5H3. The summed E-state index contributed by atoms with van der Waals surface area (Å²) < 4.78 is 38.9. The Morgan fingerprint density at radius 1 is 1.21 bits per heavy atom. The first kappa shape index (κ1) is 23.1. The van der Waals surface area contributed by atoms with Crippen LogP contribution in [0.25, 0.3) is 0 Å². The highest BCUT2D eigenvalue weighted by Gasteiger charge is 2.34. The number of carbonyl (C=O) groups is 1. The van der Waals surface area contributed by atoms with Gasteiger partial charge in [-0.15, -0.1) is 0 Å². The molecule has 0 bridgehead atoms. The average molecular weight is 364 g/mol. The molecule has 0 aromatic carbocycles. The van der Waals surface area contributed by atoms with Crippen LogP contribution in [0.4, 0.5) is 0 Å². The van der Waals surface area contributed by atoms with Crippen molar-refractivity contribution >= 4 is 16.1 Å². The van der Waals surface area contributed by atoms with Gasteiger partial charge in [-0.2, -0.15) is 0 Å². The molecule has 0 aliphatic rings. The van der Waals surface area contributed by atoms with Gasteiger partial charge in [-0.1, -0.05) is 33.3 Å². The minimum atomic E-state index is -4.25. The molecule has 0 amide bonds. The maximum absolute atomic E-state index is 11.8. The van der Waals surface area contributed by atoms with E-state index in [0.29, 0.717) is 10.1 Å². The number of unbranched alkanes of at least 4 members (excludes halogenated alkanes) is 2. The lowest BCUT2D eigenvalue weighted by Crippen LogP contribution is -2.57. The van der Waals surface area contributed by atoms with Gasteiger partial charge in [0, 0.05) is 17.7 Å². The average Bonchev–Trinajstić information content (AvgIpc) is 2.51. The Bertz CT molecular complexity index is 493. The van der Waals surface area contributed by atoms with Gasteiger partial charge in [0.2, 0.25) is 6.73 Å². The van der Waals surface area contributed by atoms with Gasteiger partial charge in [-0.25, -0.2) is 13.2 Å². The van der Waals surface area contributed by atoms with Gasteiger partial charge in [-0.3, -0.25) is 4.48 Å². The van der Waals surface area contributed by atoms with Crippen molar-refractivity contribution < 1.29 is 27.0 Å². The lowest BCUT2D eigenvalue weighted by molar-refractivity contribution is -0.964. The summed E-state index contributed by atoms with van der Waals surface area (Å²) >= 11 is 0. The van der Waals surface area contributed by atoms with Crippen LogP contribution in [0, 0.1) is 0 Å². The smallest absolute Gasteiger partial charge is 0.337 e. The van der Waals surface area contributed by atoms with Gasteiger partial charge in [0.05, 0.1) is 29.2 Å². The number of carbonyl (C=O) groups excluding carboxylic acids is 1. The molecule has 142 valence electrons. The van der Waals surface area contributed by atoms with E-state index in [0.717, 1.165) is 38.8 Å². The molecule has 6 nitrogen and oxygen atoms in total. The monoisotopic (exact) mass is 363 g/mol. The van der Waals surface area contributed by atoms with Crippen LogP contribution in [0.3, 0.4) is 0 Å². The summed E-state index contributed by atoms with van der Waals surface area (Å²) in [5.74, 6) is -0.824. The summed E-state index contributed by atoms with van der Waals surface area (Å²) in [5, 5.41) is 0. The van der Waals surface area contributed by atoms with E-state index in [-0.39, 0.29) is 24.9 Å². The van der Waals surface area contributed by atoms with E-state index in [2.05, 4.69) is 20.4 Å². The van der Waals surface area contributed by atoms with Crippen LogP contribution in [0.5, 0.6) is 0 Å². The van der Waals surface area contributed by atoms with Crippen LogP contribution in [0.1, 0.15) is 59.8 Å². The number of hydrogen-bond donors (Lipinski definition) is 0. The van der Waals surface area contributed by atoms with E-state index in [1.54, 1.807) is 6.92 Å². The quantitative estimate of drug-likeness (QED) is 0.165. The number of hydrogen-bond acceptors (Lipinski definition) is 5. The normalized spacial score (nSPS) is 13.5. The Morgan fingerprint density at radius 2 is 1.71 bits per heavy atom. The highest BCUT2D eigenvalue weighted by molar-refractivity contribution is 7.85. The van der Waals surface area contributed by atoms with Crippen molar-refractivity contribution in [2.24, 2.45) is 0 Å². The molecule has 1 atom stereocenters.